The van der Waals surface area contributed by atoms with Crippen LogP contribution < -0.4 is 15.5 Å². The van der Waals surface area contributed by atoms with Crippen LogP contribution >= 0.6 is 0 Å². The average molecular weight is 316 g/mol. The number of aliphatic imine (C=N–C) groups is 1. The van der Waals surface area contributed by atoms with E-state index in [1.807, 2.05) is 7.05 Å². The molecule has 2 aliphatic heterocycles. The van der Waals surface area contributed by atoms with Crippen molar-refractivity contribution < 1.29 is 4.74 Å². The molecule has 0 aliphatic carbocycles. The van der Waals surface area contributed by atoms with Gasteiger partial charge in [0.05, 0.1) is 13.2 Å². The molecule has 0 bridgehead atoms. The monoisotopic (exact) mass is 316 g/mol. The van der Waals surface area contributed by atoms with E-state index >= 15 is 0 Å². The van der Waals surface area contributed by atoms with Gasteiger partial charge in [0, 0.05) is 43.8 Å². The maximum absolute atomic E-state index is 5.30. The van der Waals surface area contributed by atoms with Crippen LogP contribution in [0.2, 0.25) is 0 Å². The first kappa shape index (κ1) is 16.1. The van der Waals surface area contributed by atoms with E-state index in [0.29, 0.717) is 6.04 Å². The van der Waals surface area contributed by atoms with Gasteiger partial charge in [-0.05, 0) is 25.0 Å². The van der Waals surface area contributed by atoms with Gasteiger partial charge in [0.1, 0.15) is 0 Å². The topological polar surface area (TPSA) is 48.9 Å². The molecular formula is C18H28N4O. The number of rotatable bonds is 4. The first-order chi connectivity index (χ1) is 11.2. The highest BCUT2D eigenvalue weighted by atomic mass is 16.5. The fourth-order valence-electron chi connectivity index (χ4n) is 3.16. The molecule has 0 saturated carbocycles. The Morgan fingerprint density at radius 1 is 1.26 bits per heavy atom. The van der Waals surface area contributed by atoms with Gasteiger partial charge in [-0.2, -0.15) is 0 Å². The number of hydrogen-bond donors (Lipinski definition) is 2. The lowest BCUT2D eigenvalue weighted by Gasteiger charge is -2.39. The van der Waals surface area contributed by atoms with E-state index in [9.17, 15) is 0 Å². The number of guanidine groups is 1. The van der Waals surface area contributed by atoms with Gasteiger partial charge in [-0.1, -0.05) is 25.1 Å². The molecule has 23 heavy (non-hydrogen) atoms. The summed E-state index contributed by atoms with van der Waals surface area (Å²) in [6.07, 6.45) is 2.27. The SMILES string of the molecule is CN=C(NCC1(C)COC1)NC1CCN(c2ccccc2)CC1. The Hall–Kier alpha value is -1.75. The summed E-state index contributed by atoms with van der Waals surface area (Å²) in [7, 11) is 1.84. The van der Waals surface area contributed by atoms with E-state index in [4.69, 9.17) is 4.74 Å². The minimum atomic E-state index is 0.258. The molecule has 0 amide bonds. The fourth-order valence-corrected chi connectivity index (χ4v) is 3.16. The van der Waals surface area contributed by atoms with Crippen LogP contribution in [0.4, 0.5) is 5.69 Å². The summed E-state index contributed by atoms with van der Waals surface area (Å²) in [6, 6.07) is 11.2. The number of benzene rings is 1. The quantitative estimate of drug-likeness (QED) is 0.657. The fraction of sp³-hybridized carbons (Fsp3) is 0.611. The Morgan fingerprint density at radius 2 is 1.96 bits per heavy atom. The molecular weight excluding hydrogens is 288 g/mol. The summed E-state index contributed by atoms with van der Waals surface area (Å²) >= 11 is 0. The van der Waals surface area contributed by atoms with Crippen LogP contribution in [0.3, 0.4) is 0 Å². The van der Waals surface area contributed by atoms with Crippen LogP contribution in [0.1, 0.15) is 19.8 Å². The second-order valence-electron chi connectivity index (χ2n) is 6.97. The predicted octanol–water partition coefficient (Wildman–Crippen LogP) is 1.86. The maximum Gasteiger partial charge on any atom is 0.191 e. The van der Waals surface area contributed by atoms with Crippen LogP contribution in [0.15, 0.2) is 35.3 Å². The number of hydrogen-bond acceptors (Lipinski definition) is 3. The molecule has 1 aromatic rings. The number of nitrogens with one attached hydrogen (secondary N) is 2. The third-order valence-electron chi connectivity index (χ3n) is 4.76. The van der Waals surface area contributed by atoms with E-state index in [1.54, 1.807) is 0 Å². The lowest BCUT2D eigenvalue weighted by Crippen LogP contribution is -2.53. The number of piperidine rings is 1. The van der Waals surface area contributed by atoms with Crippen molar-refractivity contribution in [3.8, 4) is 0 Å². The van der Waals surface area contributed by atoms with Gasteiger partial charge in [-0.25, -0.2) is 0 Å². The Bertz CT molecular complexity index is 519. The molecule has 0 aromatic heterocycles. The lowest BCUT2D eigenvalue weighted by molar-refractivity contribution is -0.0971. The molecule has 1 aromatic carbocycles. The van der Waals surface area contributed by atoms with Crippen molar-refractivity contribution in [2.75, 3.05) is 44.8 Å². The average Bonchev–Trinajstić information content (AvgIpc) is 2.58. The van der Waals surface area contributed by atoms with Gasteiger partial charge in [0.15, 0.2) is 5.96 Å². The van der Waals surface area contributed by atoms with Crippen LogP contribution in [-0.2, 0) is 4.74 Å². The molecule has 0 unspecified atom stereocenters. The van der Waals surface area contributed by atoms with Gasteiger partial charge in [-0.15, -0.1) is 0 Å². The molecule has 0 atom stereocenters. The van der Waals surface area contributed by atoms with Crippen LogP contribution in [0.5, 0.6) is 0 Å². The zero-order valence-corrected chi connectivity index (χ0v) is 14.2. The summed E-state index contributed by atoms with van der Waals surface area (Å²) in [5.41, 5.74) is 1.58. The number of nitrogens with zero attached hydrogens (tertiary/aromatic N) is 2. The normalized spacial score (nSPS) is 21.7. The second-order valence-corrected chi connectivity index (χ2v) is 6.97. The van der Waals surface area contributed by atoms with Crippen LogP contribution in [0, 0.1) is 5.41 Å². The van der Waals surface area contributed by atoms with Gasteiger partial charge in [0.25, 0.3) is 0 Å². The van der Waals surface area contributed by atoms with E-state index in [-0.39, 0.29) is 5.41 Å². The number of anilines is 1. The lowest BCUT2D eigenvalue weighted by atomic mass is 9.89. The molecule has 0 radical (unpaired) electrons. The summed E-state index contributed by atoms with van der Waals surface area (Å²) in [4.78, 5) is 6.82. The number of ether oxygens (including phenoxy) is 1. The first-order valence-corrected chi connectivity index (χ1v) is 8.53. The maximum atomic E-state index is 5.30. The molecule has 0 spiro atoms. The highest BCUT2D eigenvalue weighted by molar-refractivity contribution is 5.80. The number of para-hydroxylation sites is 1. The Morgan fingerprint density at radius 3 is 2.52 bits per heavy atom. The third-order valence-corrected chi connectivity index (χ3v) is 4.76. The van der Waals surface area contributed by atoms with Crippen molar-refractivity contribution in [1.82, 2.24) is 10.6 Å². The van der Waals surface area contributed by atoms with Crippen molar-refractivity contribution in [3.05, 3.63) is 30.3 Å². The van der Waals surface area contributed by atoms with Crippen molar-refractivity contribution in [2.45, 2.75) is 25.8 Å². The molecule has 5 nitrogen and oxygen atoms in total. The predicted molar refractivity (Wildman–Crippen MR) is 95.1 cm³/mol. The zero-order chi connectivity index (χ0) is 16.1. The Labute approximate surface area is 139 Å². The molecule has 126 valence electrons. The molecule has 5 heteroatoms. The van der Waals surface area contributed by atoms with Crippen molar-refractivity contribution >= 4 is 11.6 Å². The molecule has 2 heterocycles. The highest BCUT2D eigenvalue weighted by Crippen LogP contribution is 2.25. The van der Waals surface area contributed by atoms with Gasteiger partial charge in [0.2, 0.25) is 0 Å². The third kappa shape index (κ3) is 4.16. The molecule has 2 fully saturated rings. The summed E-state index contributed by atoms with van der Waals surface area (Å²) in [5, 5.41) is 7.02. The summed E-state index contributed by atoms with van der Waals surface area (Å²) < 4.78 is 5.30. The van der Waals surface area contributed by atoms with Gasteiger partial charge < -0.3 is 20.3 Å². The van der Waals surface area contributed by atoms with E-state index in [2.05, 4.69) is 57.8 Å². The molecule has 2 saturated heterocycles. The smallest absolute Gasteiger partial charge is 0.191 e. The van der Waals surface area contributed by atoms with E-state index < -0.39 is 0 Å². The largest absolute Gasteiger partial charge is 0.380 e. The van der Waals surface area contributed by atoms with Crippen molar-refractivity contribution in [3.63, 3.8) is 0 Å². The van der Waals surface area contributed by atoms with Gasteiger partial charge >= 0.3 is 0 Å². The minimum Gasteiger partial charge on any atom is -0.380 e. The van der Waals surface area contributed by atoms with E-state index in [1.165, 1.54) is 5.69 Å². The first-order valence-electron chi connectivity index (χ1n) is 8.53. The van der Waals surface area contributed by atoms with Crippen molar-refractivity contribution in [2.24, 2.45) is 10.4 Å². The molecule has 2 aliphatic rings. The standard InChI is InChI=1S/C18H28N4O/c1-18(13-23-14-18)12-20-17(19-2)21-15-8-10-22(11-9-15)16-6-4-3-5-7-16/h3-7,15H,8-14H2,1-2H3,(H2,19,20,21). The highest BCUT2D eigenvalue weighted by Gasteiger charge is 2.33. The van der Waals surface area contributed by atoms with Crippen LogP contribution in [-0.4, -0.2) is 51.9 Å². The van der Waals surface area contributed by atoms with Gasteiger partial charge in [-0.3, -0.25) is 4.99 Å². The second kappa shape index (κ2) is 7.21. The molecule has 3 rings (SSSR count). The van der Waals surface area contributed by atoms with Crippen molar-refractivity contribution in [1.29, 1.82) is 0 Å². The Balaban J connectivity index is 1.44. The zero-order valence-electron chi connectivity index (χ0n) is 14.2. The van der Waals surface area contributed by atoms with Crippen LogP contribution in [0.25, 0.3) is 0 Å². The minimum absolute atomic E-state index is 0.258. The van der Waals surface area contributed by atoms with E-state index in [0.717, 1.165) is 51.6 Å². The summed E-state index contributed by atoms with van der Waals surface area (Å²) in [5.74, 6) is 0.913. The summed E-state index contributed by atoms with van der Waals surface area (Å²) in [6.45, 7) is 7.01. The molecule has 2 N–H and O–H groups in total. The Kier molecular flexibility index (Phi) is 5.06.